The summed E-state index contributed by atoms with van der Waals surface area (Å²) in [7, 11) is -0.175. The standard InChI is InChI=1S/C21H21N3O6S/c1-28-17-10-6-14(12-18(17)29-2)7-11-19(25)22-21-24-23-20(30-21)13-15-4-8-16(9-5-15)31(3,26)27/h4-12H,13H2,1-3H3,(H,22,24,25). The number of ether oxygens (including phenoxy) is 2. The molecule has 10 heteroatoms. The Hall–Kier alpha value is -3.66. The van der Waals surface area contributed by atoms with Crippen molar-refractivity contribution in [3.63, 3.8) is 0 Å². The van der Waals surface area contributed by atoms with Crippen molar-refractivity contribution < 1.29 is 27.1 Å². The van der Waals surface area contributed by atoms with Crippen LogP contribution in [0.4, 0.5) is 6.01 Å². The van der Waals surface area contributed by atoms with Gasteiger partial charge >= 0.3 is 6.01 Å². The lowest BCUT2D eigenvalue weighted by atomic mass is 10.1. The molecular weight excluding hydrogens is 422 g/mol. The molecule has 9 nitrogen and oxygen atoms in total. The first kappa shape index (κ1) is 22.0. The number of methoxy groups -OCH3 is 2. The van der Waals surface area contributed by atoms with Crippen LogP contribution in [0, 0.1) is 0 Å². The van der Waals surface area contributed by atoms with Gasteiger partial charge in [-0.05, 0) is 41.5 Å². The van der Waals surface area contributed by atoms with Gasteiger partial charge in [-0.2, -0.15) is 0 Å². The Balaban J connectivity index is 1.60. The number of hydrogen-bond donors (Lipinski definition) is 1. The summed E-state index contributed by atoms with van der Waals surface area (Å²) in [6, 6.07) is 11.6. The fourth-order valence-corrected chi connectivity index (χ4v) is 3.31. The minimum Gasteiger partial charge on any atom is -0.493 e. The van der Waals surface area contributed by atoms with Crippen molar-refractivity contribution in [2.24, 2.45) is 0 Å². The van der Waals surface area contributed by atoms with Gasteiger partial charge in [0.15, 0.2) is 21.3 Å². The molecule has 3 aromatic rings. The highest BCUT2D eigenvalue weighted by atomic mass is 32.2. The van der Waals surface area contributed by atoms with Crippen LogP contribution in [0.2, 0.25) is 0 Å². The summed E-state index contributed by atoms with van der Waals surface area (Å²) >= 11 is 0. The molecule has 31 heavy (non-hydrogen) atoms. The number of benzene rings is 2. The second-order valence-electron chi connectivity index (χ2n) is 6.53. The highest BCUT2D eigenvalue weighted by molar-refractivity contribution is 7.90. The van der Waals surface area contributed by atoms with E-state index in [1.54, 1.807) is 43.5 Å². The average Bonchev–Trinajstić information content (AvgIpc) is 3.18. The molecule has 0 atom stereocenters. The van der Waals surface area contributed by atoms with E-state index in [1.165, 1.54) is 25.3 Å². The lowest BCUT2D eigenvalue weighted by Gasteiger charge is -2.07. The summed E-state index contributed by atoms with van der Waals surface area (Å²) in [6.45, 7) is 0. The zero-order chi connectivity index (χ0) is 22.4. The third-order valence-corrected chi connectivity index (χ3v) is 5.37. The van der Waals surface area contributed by atoms with Crippen LogP contribution in [0.25, 0.3) is 6.08 Å². The molecule has 2 aromatic carbocycles. The van der Waals surface area contributed by atoms with Gasteiger partial charge in [0, 0.05) is 12.3 Å². The molecule has 0 radical (unpaired) electrons. The predicted molar refractivity (Wildman–Crippen MR) is 114 cm³/mol. The van der Waals surface area contributed by atoms with E-state index in [2.05, 4.69) is 15.5 Å². The summed E-state index contributed by atoms with van der Waals surface area (Å²) in [5.41, 5.74) is 1.54. The first-order valence-corrected chi connectivity index (χ1v) is 11.0. The summed E-state index contributed by atoms with van der Waals surface area (Å²) in [5, 5.41) is 10.2. The van der Waals surface area contributed by atoms with Gasteiger partial charge in [0.2, 0.25) is 5.89 Å². The fourth-order valence-electron chi connectivity index (χ4n) is 2.68. The minimum atomic E-state index is -3.25. The van der Waals surface area contributed by atoms with Gasteiger partial charge in [-0.1, -0.05) is 23.3 Å². The van der Waals surface area contributed by atoms with Gasteiger partial charge in [-0.25, -0.2) is 8.42 Å². The zero-order valence-electron chi connectivity index (χ0n) is 17.2. The van der Waals surface area contributed by atoms with Crippen LogP contribution in [0.15, 0.2) is 57.9 Å². The van der Waals surface area contributed by atoms with Crippen molar-refractivity contribution in [1.82, 2.24) is 10.2 Å². The maximum atomic E-state index is 12.1. The molecule has 1 N–H and O–H groups in total. The molecule has 1 amide bonds. The Labute approximate surface area is 179 Å². The lowest BCUT2D eigenvalue weighted by Crippen LogP contribution is -2.07. The Morgan fingerprint density at radius 1 is 1.06 bits per heavy atom. The molecule has 0 unspecified atom stereocenters. The van der Waals surface area contributed by atoms with E-state index in [4.69, 9.17) is 13.9 Å². The fraction of sp³-hybridized carbons (Fsp3) is 0.190. The number of carbonyl (C=O) groups is 1. The molecule has 162 valence electrons. The first-order chi connectivity index (χ1) is 14.8. The molecule has 0 saturated heterocycles. The van der Waals surface area contributed by atoms with Crippen LogP contribution in [0.5, 0.6) is 11.5 Å². The number of nitrogens with one attached hydrogen (secondary N) is 1. The zero-order valence-corrected chi connectivity index (χ0v) is 18.0. The Kier molecular flexibility index (Phi) is 6.71. The lowest BCUT2D eigenvalue weighted by molar-refractivity contribution is -0.112. The topological polar surface area (TPSA) is 121 Å². The number of sulfone groups is 1. The molecule has 0 spiro atoms. The molecule has 1 heterocycles. The molecule has 0 aliphatic rings. The van der Waals surface area contributed by atoms with E-state index >= 15 is 0 Å². The first-order valence-electron chi connectivity index (χ1n) is 9.11. The molecule has 0 aliphatic carbocycles. The minimum absolute atomic E-state index is 0.0373. The largest absolute Gasteiger partial charge is 0.493 e. The van der Waals surface area contributed by atoms with E-state index in [-0.39, 0.29) is 16.8 Å². The van der Waals surface area contributed by atoms with Crippen molar-refractivity contribution in [2.75, 3.05) is 25.8 Å². The third kappa shape index (κ3) is 5.92. The predicted octanol–water partition coefficient (Wildman–Crippen LogP) is 2.73. The molecule has 0 aliphatic heterocycles. The smallest absolute Gasteiger partial charge is 0.322 e. The van der Waals surface area contributed by atoms with Crippen LogP contribution in [-0.2, 0) is 21.1 Å². The van der Waals surface area contributed by atoms with E-state index in [1.807, 2.05) is 0 Å². The SMILES string of the molecule is COc1ccc(C=CC(=O)Nc2nnc(Cc3ccc(S(C)(=O)=O)cc3)o2)cc1OC. The van der Waals surface area contributed by atoms with Crippen LogP contribution in [-0.4, -0.2) is 45.0 Å². The quantitative estimate of drug-likeness (QED) is 0.528. The van der Waals surface area contributed by atoms with Crippen LogP contribution >= 0.6 is 0 Å². The third-order valence-electron chi connectivity index (χ3n) is 4.24. The van der Waals surface area contributed by atoms with Crippen molar-refractivity contribution in [3.05, 3.63) is 65.6 Å². The number of anilines is 1. The second-order valence-corrected chi connectivity index (χ2v) is 8.55. The van der Waals surface area contributed by atoms with Crippen molar-refractivity contribution in [2.45, 2.75) is 11.3 Å². The summed E-state index contributed by atoms with van der Waals surface area (Å²) < 4.78 is 38.9. The maximum absolute atomic E-state index is 12.1. The molecule has 0 fully saturated rings. The van der Waals surface area contributed by atoms with Gasteiger partial charge < -0.3 is 13.9 Å². The number of aromatic nitrogens is 2. The normalized spacial score (nSPS) is 11.5. The number of hydrogen-bond acceptors (Lipinski definition) is 8. The van der Waals surface area contributed by atoms with Crippen LogP contribution < -0.4 is 14.8 Å². The van der Waals surface area contributed by atoms with Crippen LogP contribution in [0.1, 0.15) is 17.0 Å². The maximum Gasteiger partial charge on any atom is 0.322 e. The monoisotopic (exact) mass is 443 g/mol. The van der Waals surface area contributed by atoms with E-state index in [9.17, 15) is 13.2 Å². The molecule has 1 aromatic heterocycles. The van der Waals surface area contributed by atoms with Crippen molar-refractivity contribution in [1.29, 1.82) is 0 Å². The number of amides is 1. The highest BCUT2D eigenvalue weighted by Crippen LogP contribution is 2.28. The van der Waals surface area contributed by atoms with E-state index in [0.29, 0.717) is 17.9 Å². The number of nitrogens with zero attached hydrogens (tertiary/aromatic N) is 2. The molecular formula is C21H21N3O6S. The summed E-state index contributed by atoms with van der Waals surface area (Å²) in [6.07, 6.45) is 4.38. The van der Waals surface area contributed by atoms with E-state index < -0.39 is 15.7 Å². The molecule has 0 saturated carbocycles. The average molecular weight is 443 g/mol. The summed E-state index contributed by atoms with van der Waals surface area (Å²) in [5.74, 6) is 0.985. The van der Waals surface area contributed by atoms with Gasteiger partial charge in [-0.3, -0.25) is 10.1 Å². The number of rotatable bonds is 8. The molecule has 0 bridgehead atoms. The van der Waals surface area contributed by atoms with Gasteiger partial charge in [0.05, 0.1) is 25.5 Å². The van der Waals surface area contributed by atoms with Gasteiger partial charge in [-0.15, -0.1) is 5.10 Å². The van der Waals surface area contributed by atoms with Crippen LogP contribution in [0.3, 0.4) is 0 Å². The number of carbonyl (C=O) groups excluding carboxylic acids is 1. The van der Waals surface area contributed by atoms with Gasteiger partial charge in [0.1, 0.15) is 0 Å². The Bertz CT molecular complexity index is 1200. The second kappa shape index (κ2) is 9.43. The molecule has 3 rings (SSSR count). The highest BCUT2D eigenvalue weighted by Gasteiger charge is 2.11. The van der Waals surface area contributed by atoms with Crippen molar-refractivity contribution >= 4 is 27.8 Å². The Morgan fingerprint density at radius 3 is 2.42 bits per heavy atom. The Morgan fingerprint density at radius 2 is 1.77 bits per heavy atom. The van der Waals surface area contributed by atoms with E-state index in [0.717, 1.165) is 17.4 Å². The summed E-state index contributed by atoms with van der Waals surface area (Å²) in [4.78, 5) is 12.4. The van der Waals surface area contributed by atoms with Gasteiger partial charge in [0.25, 0.3) is 5.91 Å². The van der Waals surface area contributed by atoms with Crippen molar-refractivity contribution in [3.8, 4) is 11.5 Å².